The Morgan fingerprint density at radius 1 is 0.853 bits per heavy atom. The predicted molar refractivity (Wildman–Crippen MR) is 116 cm³/mol. The highest BCUT2D eigenvalue weighted by molar-refractivity contribution is 5.95. The minimum absolute atomic E-state index is 0.0581. The van der Waals surface area contributed by atoms with E-state index in [4.69, 9.17) is 9.47 Å². The summed E-state index contributed by atoms with van der Waals surface area (Å²) in [7, 11) is 0. The van der Waals surface area contributed by atoms with Gasteiger partial charge in [0.2, 0.25) is 5.91 Å². The maximum Gasteiger partial charge on any atom is 0.416 e. The second kappa shape index (κ2) is 12.4. The van der Waals surface area contributed by atoms with Crippen molar-refractivity contribution in [1.29, 1.82) is 0 Å². The summed E-state index contributed by atoms with van der Waals surface area (Å²) in [5.41, 5.74) is -0.283. The molecule has 2 aromatic rings. The molecule has 0 unspecified atom stereocenters. The minimum Gasteiger partial charge on any atom is -0.462 e. The molecular formula is C23H23F3N2O6. The lowest BCUT2D eigenvalue weighted by atomic mass is 10.2. The number of hydrogen-bond donors (Lipinski definition) is 2. The van der Waals surface area contributed by atoms with Gasteiger partial charge in [-0.15, -0.1) is 0 Å². The van der Waals surface area contributed by atoms with Gasteiger partial charge < -0.3 is 20.1 Å². The smallest absolute Gasteiger partial charge is 0.416 e. The lowest BCUT2D eigenvalue weighted by molar-refractivity contribution is -0.147. The first-order chi connectivity index (χ1) is 16.1. The van der Waals surface area contributed by atoms with Gasteiger partial charge in [0, 0.05) is 17.8 Å². The number of hydrogen-bond acceptors (Lipinski definition) is 6. The van der Waals surface area contributed by atoms with E-state index in [0.29, 0.717) is 24.3 Å². The van der Waals surface area contributed by atoms with Crippen molar-refractivity contribution in [1.82, 2.24) is 0 Å². The van der Waals surface area contributed by atoms with Gasteiger partial charge in [-0.25, -0.2) is 4.79 Å². The van der Waals surface area contributed by atoms with Crippen LogP contribution in [0.2, 0.25) is 0 Å². The van der Waals surface area contributed by atoms with Gasteiger partial charge in [0.25, 0.3) is 5.91 Å². The highest BCUT2D eigenvalue weighted by Gasteiger charge is 2.30. The van der Waals surface area contributed by atoms with Crippen LogP contribution < -0.4 is 10.6 Å². The molecule has 11 heteroatoms. The predicted octanol–water partition coefficient (Wildman–Crippen LogP) is 4.17. The Balaban J connectivity index is 1.72. The van der Waals surface area contributed by atoms with Crippen LogP contribution in [0.5, 0.6) is 0 Å². The molecule has 8 nitrogen and oxygen atoms in total. The summed E-state index contributed by atoms with van der Waals surface area (Å²) in [6, 6.07) is 10.0. The maximum atomic E-state index is 12.7. The van der Waals surface area contributed by atoms with Crippen LogP contribution in [0, 0.1) is 0 Å². The van der Waals surface area contributed by atoms with Crippen LogP contribution in [0.4, 0.5) is 24.5 Å². The Kier molecular flexibility index (Phi) is 9.60. The van der Waals surface area contributed by atoms with Crippen LogP contribution in [0.3, 0.4) is 0 Å². The Hall–Kier alpha value is -3.89. The van der Waals surface area contributed by atoms with Gasteiger partial charge in [-0.05, 0) is 48.9 Å². The van der Waals surface area contributed by atoms with Gasteiger partial charge in [0.1, 0.15) is 0 Å². The molecule has 2 N–H and O–H groups in total. The van der Waals surface area contributed by atoms with Gasteiger partial charge >= 0.3 is 18.1 Å². The molecule has 0 aliphatic rings. The van der Waals surface area contributed by atoms with E-state index in [1.165, 1.54) is 30.3 Å². The number of halogens is 3. The summed E-state index contributed by atoms with van der Waals surface area (Å²) < 4.78 is 47.9. The monoisotopic (exact) mass is 480 g/mol. The number of carbonyl (C=O) groups excluding carboxylic acids is 4. The van der Waals surface area contributed by atoms with E-state index in [2.05, 4.69) is 10.6 Å². The van der Waals surface area contributed by atoms with Crippen molar-refractivity contribution >= 4 is 35.1 Å². The third kappa shape index (κ3) is 8.93. The maximum absolute atomic E-state index is 12.7. The van der Waals surface area contributed by atoms with Crippen LogP contribution in [-0.2, 0) is 30.0 Å². The summed E-state index contributed by atoms with van der Waals surface area (Å²) in [5.74, 6) is -2.63. The second-order valence-corrected chi connectivity index (χ2v) is 7.05. The highest BCUT2D eigenvalue weighted by atomic mass is 19.4. The summed E-state index contributed by atoms with van der Waals surface area (Å²) >= 11 is 0. The molecule has 0 saturated carbocycles. The van der Waals surface area contributed by atoms with Gasteiger partial charge in [-0.1, -0.05) is 13.0 Å². The fraction of sp³-hybridized carbons (Fsp3) is 0.304. The van der Waals surface area contributed by atoms with Crippen molar-refractivity contribution in [2.45, 2.75) is 32.4 Å². The number of benzene rings is 2. The largest absolute Gasteiger partial charge is 0.462 e. The Morgan fingerprint density at radius 3 is 2.18 bits per heavy atom. The normalized spacial score (nSPS) is 10.8. The van der Waals surface area contributed by atoms with E-state index >= 15 is 0 Å². The van der Waals surface area contributed by atoms with Gasteiger partial charge in [-0.3, -0.25) is 14.4 Å². The molecule has 182 valence electrons. The molecule has 0 radical (unpaired) electrons. The lowest BCUT2D eigenvalue weighted by Crippen LogP contribution is -2.22. The first-order valence-electron chi connectivity index (χ1n) is 10.3. The summed E-state index contributed by atoms with van der Waals surface area (Å²) in [4.78, 5) is 47.3. The van der Waals surface area contributed by atoms with Crippen molar-refractivity contribution < 1.29 is 41.8 Å². The van der Waals surface area contributed by atoms with Crippen molar-refractivity contribution in [3.05, 3.63) is 59.7 Å². The van der Waals surface area contributed by atoms with E-state index in [0.717, 1.165) is 18.2 Å². The van der Waals surface area contributed by atoms with Crippen molar-refractivity contribution in [2.75, 3.05) is 23.8 Å². The molecule has 0 atom stereocenters. The van der Waals surface area contributed by atoms with Crippen LogP contribution in [0.25, 0.3) is 0 Å². The van der Waals surface area contributed by atoms with Crippen LogP contribution in [-0.4, -0.2) is 37.0 Å². The summed E-state index contributed by atoms with van der Waals surface area (Å²) in [6.45, 7) is 1.57. The van der Waals surface area contributed by atoms with Gasteiger partial charge in [0.15, 0.2) is 6.61 Å². The SMILES string of the molecule is CCCOC(=O)c1ccc(NC(=O)COC(=O)CCC(=O)Nc2cccc(C(F)(F)F)c2)cc1. The van der Waals surface area contributed by atoms with Crippen LogP contribution in [0.1, 0.15) is 42.1 Å². The zero-order valence-corrected chi connectivity index (χ0v) is 18.2. The molecule has 0 saturated heterocycles. The van der Waals surface area contributed by atoms with E-state index in [1.54, 1.807) is 0 Å². The zero-order chi connectivity index (χ0) is 25.1. The average Bonchev–Trinajstić information content (AvgIpc) is 2.80. The minimum atomic E-state index is -4.55. The summed E-state index contributed by atoms with van der Waals surface area (Å²) in [5, 5.41) is 4.75. The molecule has 0 fully saturated rings. The molecule has 0 heterocycles. The van der Waals surface area contributed by atoms with Crippen LogP contribution in [0.15, 0.2) is 48.5 Å². The van der Waals surface area contributed by atoms with Crippen molar-refractivity contribution in [2.24, 2.45) is 0 Å². The Morgan fingerprint density at radius 2 is 1.53 bits per heavy atom. The number of nitrogens with one attached hydrogen (secondary N) is 2. The van der Waals surface area contributed by atoms with E-state index < -0.39 is 42.1 Å². The number of carbonyl (C=O) groups is 4. The van der Waals surface area contributed by atoms with E-state index in [9.17, 15) is 32.3 Å². The fourth-order valence-corrected chi connectivity index (χ4v) is 2.60. The summed E-state index contributed by atoms with van der Waals surface area (Å²) in [6.07, 6.45) is -4.56. The fourth-order valence-electron chi connectivity index (χ4n) is 2.60. The lowest BCUT2D eigenvalue weighted by Gasteiger charge is -2.10. The molecule has 0 aromatic heterocycles. The van der Waals surface area contributed by atoms with Crippen LogP contribution >= 0.6 is 0 Å². The first kappa shape index (κ1) is 26.4. The third-order valence-corrected chi connectivity index (χ3v) is 4.24. The van der Waals surface area contributed by atoms with E-state index in [-0.39, 0.29) is 18.5 Å². The van der Waals surface area contributed by atoms with E-state index in [1.807, 2.05) is 6.92 Å². The molecular weight excluding hydrogens is 457 g/mol. The number of rotatable bonds is 10. The topological polar surface area (TPSA) is 111 Å². The number of ether oxygens (including phenoxy) is 2. The number of amides is 2. The van der Waals surface area contributed by atoms with Crippen molar-refractivity contribution in [3.63, 3.8) is 0 Å². The Bertz CT molecular complexity index is 1020. The number of anilines is 2. The molecule has 0 aliphatic heterocycles. The quantitative estimate of drug-likeness (QED) is 0.494. The van der Waals surface area contributed by atoms with Gasteiger partial charge in [-0.2, -0.15) is 13.2 Å². The molecule has 2 rings (SSSR count). The zero-order valence-electron chi connectivity index (χ0n) is 18.2. The number of alkyl halides is 3. The Labute approximate surface area is 193 Å². The molecule has 0 aliphatic carbocycles. The molecule has 34 heavy (non-hydrogen) atoms. The molecule has 2 amide bonds. The van der Waals surface area contributed by atoms with Gasteiger partial charge in [0.05, 0.1) is 24.2 Å². The van der Waals surface area contributed by atoms with Crippen molar-refractivity contribution in [3.8, 4) is 0 Å². The third-order valence-electron chi connectivity index (χ3n) is 4.24. The molecule has 2 aromatic carbocycles. The highest BCUT2D eigenvalue weighted by Crippen LogP contribution is 2.30. The second-order valence-electron chi connectivity index (χ2n) is 7.05. The average molecular weight is 480 g/mol. The first-order valence-corrected chi connectivity index (χ1v) is 10.3. The standard InChI is InChI=1S/C23H23F3N2O6/c1-2-12-33-22(32)15-6-8-17(9-7-15)27-20(30)14-34-21(31)11-10-19(29)28-18-5-3-4-16(13-18)23(24,25)26/h3-9,13H,2,10-12,14H2,1H3,(H,27,30)(H,28,29). The number of esters is 2. The molecule has 0 spiro atoms. The molecule has 0 bridgehead atoms.